The van der Waals surface area contributed by atoms with Gasteiger partial charge in [0, 0.05) is 6.54 Å². The van der Waals surface area contributed by atoms with Crippen molar-refractivity contribution < 1.29 is 22.7 Å². The van der Waals surface area contributed by atoms with Crippen LogP contribution in [0.2, 0.25) is 0 Å². The molecule has 1 aromatic rings. The van der Waals surface area contributed by atoms with Crippen LogP contribution in [0.1, 0.15) is 23.7 Å². The highest BCUT2D eigenvalue weighted by Crippen LogP contribution is 2.18. The molecule has 0 radical (unpaired) electrons. The molecule has 0 atom stereocenters. The Labute approximate surface area is 130 Å². The summed E-state index contributed by atoms with van der Waals surface area (Å²) >= 11 is 0. The summed E-state index contributed by atoms with van der Waals surface area (Å²) in [6.07, 6.45) is 1.78. The van der Waals surface area contributed by atoms with Gasteiger partial charge >= 0.3 is 5.97 Å². The zero-order valence-electron chi connectivity index (χ0n) is 12.8. The smallest absolute Gasteiger partial charge is 0.337 e. The largest absolute Gasteiger partial charge is 0.465 e. The Balaban J connectivity index is 2.98. The van der Waals surface area contributed by atoms with Crippen molar-refractivity contribution in [1.29, 1.82) is 0 Å². The second-order valence-corrected chi connectivity index (χ2v) is 6.56. The minimum atomic E-state index is -3.62. The number of hydrogen-bond acceptors (Lipinski definition) is 5. The van der Waals surface area contributed by atoms with Crippen LogP contribution in [0.25, 0.3) is 0 Å². The molecule has 8 heteroatoms. The van der Waals surface area contributed by atoms with Gasteiger partial charge in [-0.2, -0.15) is 0 Å². The lowest BCUT2D eigenvalue weighted by Crippen LogP contribution is -2.40. The zero-order valence-corrected chi connectivity index (χ0v) is 13.6. The predicted octanol–water partition coefficient (Wildman–Crippen LogP) is 0.765. The van der Waals surface area contributed by atoms with Gasteiger partial charge in [0.05, 0.1) is 24.6 Å². The summed E-state index contributed by atoms with van der Waals surface area (Å²) in [5.74, 6) is -0.900. The van der Waals surface area contributed by atoms with Gasteiger partial charge in [-0.3, -0.25) is 9.10 Å². The maximum absolute atomic E-state index is 11.9. The van der Waals surface area contributed by atoms with Crippen LogP contribution in [-0.2, 0) is 19.6 Å². The Kier molecular flexibility index (Phi) is 6.36. The number of benzene rings is 1. The van der Waals surface area contributed by atoms with Gasteiger partial charge in [0.15, 0.2) is 0 Å². The van der Waals surface area contributed by atoms with E-state index in [1.165, 1.54) is 31.4 Å². The fourth-order valence-corrected chi connectivity index (χ4v) is 2.59. The third-order valence-corrected chi connectivity index (χ3v) is 3.98. The number of sulfonamides is 1. The lowest BCUT2D eigenvalue weighted by atomic mass is 10.2. The van der Waals surface area contributed by atoms with Crippen LogP contribution in [-0.4, -0.2) is 46.7 Å². The first-order valence-electron chi connectivity index (χ1n) is 6.72. The number of amides is 1. The van der Waals surface area contributed by atoms with Crippen LogP contribution < -0.4 is 9.62 Å². The minimum absolute atomic E-state index is 0.301. The van der Waals surface area contributed by atoms with Gasteiger partial charge in [0.25, 0.3) is 0 Å². The highest BCUT2D eigenvalue weighted by Gasteiger charge is 2.21. The third-order valence-electron chi connectivity index (χ3n) is 2.84. The van der Waals surface area contributed by atoms with Crippen molar-refractivity contribution in [2.45, 2.75) is 13.3 Å². The van der Waals surface area contributed by atoms with Gasteiger partial charge in [0.1, 0.15) is 6.54 Å². The van der Waals surface area contributed by atoms with Crippen LogP contribution in [0.4, 0.5) is 5.69 Å². The molecule has 0 aromatic heterocycles. The molecule has 0 aliphatic heterocycles. The van der Waals surface area contributed by atoms with E-state index in [0.29, 0.717) is 17.8 Å². The molecule has 0 aliphatic carbocycles. The molecule has 0 spiro atoms. The van der Waals surface area contributed by atoms with E-state index < -0.39 is 16.0 Å². The number of methoxy groups -OCH3 is 1. The lowest BCUT2D eigenvalue weighted by molar-refractivity contribution is -0.119. The van der Waals surface area contributed by atoms with Crippen LogP contribution >= 0.6 is 0 Å². The van der Waals surface area contributed by atoms with E-state index in [2.05, 4.69) is 10.1 Å². The average molecular weight is 328 g/mol. The maximum atomic E-state index is 11.9. The molecule has 1 rings (SSSR count). The van der Waals surface area contributed by atoms with E-state index in [4.69, 9.17) is 0 Å². The summed E-state index contributed by atoms with van der Waals surface area (Å²) in [6, 6.07) is 5.81. The first kappa shape index (κ1) is 18.0. The number of nitrogens with one attached hydrogen (secondary N) is 1. The molecule has 0 saturated carbocycles. The van der Waals surface area contributed by atoms with Crippen molar-refractivity contribution in [3.05, 3.63) is 29.8 Å². The summed E-state index contributed by atoms with van der Waals surface area (Å²) in [7, 11) is -2.36. The van der Waals surface area contributed by atoms with Crippen molar-refractivity contribution in [3.63, 3.8) is 0 Å². The van der Waals surface area contributed by atoms with E-state index >= 15 is 0 Å². The van der Waals surface area contributed by atoms with Crippen LogP contribution in [0.5, 0.6) is 0 Å². The molecule has 1 N–H and O–H groups in total. The second kappa shape index (κ2) is 7.79. The Morgan fingerprint density at radius 1 is 1.23 bits per heavy atom. The Morgan fingerprint density at radius 2 is 1.82 bits per heavy atom. The van der Waals surface area contributed by atoms with Crippen molar-refractivity contribution >= 4 is 27.6 Å². The molecule has 122 valence electrons. The number of carbonyl (C=O) groups is 2. The number of hydrogen-bond donors (Lipinski definition) is 1. The average Bonchev–Trinajstić information content (AvgIpc) is 2.49. The second-order valence-electron chi connectivity index (χ2n) is 4.66. The number of rotatable bonds is 7. The van der Waals surface area contributed by atoms with Crippen molar-refractivity contribution in [2.75, 3.05) is 30.8 Å². The number of nitrogens with zero attached hydrogens (tertiary/aromatic N) is 1. The van der Waals surface area contributed by atoms with Crippen LogP contribution in [0.3, 0.4) is 0 Å². The fraction of sp³-hybridized carbons (Fsp3) is 0.429. The molecule has 1 amide bonds. The molecule has 0 heterocycles. The standard InChI is InChI=1S/C14H20N2O5S/c1-4-9-15-13(17)10-16(22(3,19)20)12-7-5-11(6-8-12)14(18)21-2/h5-8H,4,9-10H2,1-3H3,(H,15,17). The SMILES string of the molecule is CCCNC(=O)CN(c1ccc(C(=O)OC)cc1)S(C)(=O)=O. The van der Waals surface area contributed by atoms with Crippen LogP contribution in [0, 0.1) is 0 Å². The number of esters is 1. The van der Waals surface area contributed by atoms with E-state index in [9.17, 15) is 18.0 Å². The van der Waals surface area contributed by atoms with E-state index in [1.54, 1.807) is 0 Å². The summed E-state index contributed by atoms with van der Waals surface area (Å²) in [4.78, 5) is 23.1. The molecule has 0 bridgehead atoms. The van der Waals surface area contributed by atoms with Crippen molar-refractivity contribution in [3.8, 4) is 0 Å². The Hall–Kier alpha value is -2.09. The Morgan fingerprint density at radius 3 is 2.27 bits per heavy atom. The number of carbonyl (C=O) groups excluding carboxylic acids is 2. The molecule has 7 nitrogen and oxygen atoms in total. The van der Waals surface area contributed by atoms with Gasteiger partial charge in [-0.05, 0) is 30.7 Å². The van der Waals surface area contributed by atoms with Gasteiger partial charge in [-0.15, -0.1) is 0 Å². The first-order valence-corrected chi connectivity index (χ1v) is 8.57. The summed E-state index contributed by atoms with van der Waals surface area (Å²) < 4.78 is 29.3. The van der Waals surface area contributed by atoms with Crippen LogP contribution in [0.15, 0.2) is 24.3 Å². The summed E-state index contributed by atoms with van der Waals surface area (Å²) in [5, 5.41) is 2.62. The van der Waals surface area contributed by atoms with Crippen molar-refractivity contribution in [1.82, 2.24) is 5.32 Å². The zero-order chi connectivity index (χ0) is 16.8. The highest BCUT2D eigenvalue weighted by atomic mass is 32.2. The highest BCUT2D eigenvalue weighted by molar-refractivity contribution is 7.92. The van der Waals surface area contributed by atoms with Crippen molar-refractivity contribution in [2.24, 2.45) is 0 Å². The summed E-state index contributed by atoms with van der Waals surface area (Å²) in [6.45, 7) is 2.08. The van der Waals surface area contributed by atoms with Gasteiger partial charge in [0.2, 0.25) is 15.9 Å². The van der Waals surface area contributed by atoms with E-state index in [-0.39, 0.29) is 12.5 Å². The predicted molar refractivity (Wildman–Crippen MR) is 83.3 cm³/mol. The molecule has 22 heavy (non-hydrogen) atoms. The Bertz CT molecular complexity index is 625. The van der Waals surface area contributed by atoms with Gasteiger partial charge in [-0.25, -0.2) is 13.2 Å². The monoisotopic (exact) mass is 328 g/mol. The summed E-state index contributed by atoms with van der Waals surface area (Å²) in [5.41, 5.74) is 0.608. The molecule has 1 aromatic carbocycles. The quantitative estimate of drug-likeness (QED) is 0.746. The molecular weight excluding hydrogens is 308 g/mol. The maximum Gasteiger partial charge on any atom is 0.337 e. The molecule has 0 aliphatic rings. The lowest BCUT2D eigenvalue weighted by Gasteiger charge is -2.22. The minimum Gasteiger partial charge on any atom is -0.465 e. The fourth-order valence-electron chi connectivity index (χ4n) is 1.73. The van der Waals surface area contributed by atoms with Gasteiger partial charge in [-0.1, -0.05) is 6.92 Å². The molecule has 0 unspecified atom stereocenters. The topological polar surface area (TPSA) is 92.8 Å². The first-order chi connectivity index (χ1) is 10.3. The number of ether oxygens (including phenoxy) is 1. The van der Waals surface area contributed by atoms with E-state index in [0.717, 1.165) is 17.0 Å². The molecule has 0 fully saturated rings. The molecular formula is C14H20N2O5S. The number of anilines is 1. The normalized spacial score (nSPS) is 10.9. The molecule has 0 saturated heterocycles. The third kappa shape index (κ3) is 5.03. The van der Waals surface area contributed by atoms with E-state index in [1.807, 2.05) is 6.92 Å². The van der Waals surface area contributed by atoms with Gasteiger partial charge < -0.3 is 10.1 Å².